The Morgan fingerprint density at radius 3 is 2.60 bits per heavy atom. The summed E-state index contributed by atoms with van der Waals surface area (Å²) in [7, 11) is -3.39. The number of aryl methyl sites for hydroxylation is 1. The molecular formula is C14H23NO3S2. The Bertz CT molecular complexity index is 524. The van der Waals surface area contributed by atoms with Crippen molar-refractivity contribution in [1.82, 2.24) is 4.72 Å². The molecule has 1 aliphatic carbocycles. The van der Waals surface area contributed by atoms with Gasteiger partial charge in [0.15, 0.2) is 0 Å². The van der Waals surface area contributed by atoms with Crippen molar-refractivity contribution in [3.8, 4) is 0 Å². The Morgan fingerprint density at radius 2 is 2.00 bits per heavy atom. The number of hydrogen-bond acceptors (Lipinski definition) is 4. The van der Waals surface area contributed by atoms with E-state index in [9.17, 15) is 13.5 Å². The number of hydrogen-bond donors (Lipinski definition) is 2. The first kappa shape index (κ1) is 15.9. The highest BCUT2D eigenvalue weighted by Gasteiger charge is 2.26. The highest BCUT2D eigenvalue weighted by molar-refractivity contribution is 7.91. The monoisotopic (exact) mass is 317 g/mol. The third-order valence-corrected chi connectivity index (χ3v) is 7.23. The molecule has 1 saturated carbocycles. The summed E-state index contributed by atoms with van der Waals surface area (Å²) >= 11 is 1.33. The van der Waals surface area contributed by atoms with Gasteiger partial charge in [0.2, 0.25) is 10.0 Å². The molecule has 2 rings (SSSR count). The van der Waals surface area contributed by atoms with Crippen molar-refractivity contribution in [3.63, 3.8) is 0 Å². The molecule has 1 fully saturated rings. The molecule has 0 saturated heterocycles. The van der Waals surface area contributed by atoms with Crippen molar-refractivity contribution >= 4 is 21.4 Å². The van der Waals surface area contributed by atoms with Crippen LogP contribution in [0.4, 0.5) is 0 Å². The molecule has 2 atom stereocenters. The van der Waals surface area contributed by atoms with Gasteiger partial charge in [0, 0.05) is 18.0 Å². The van der Waals surface area contributed by atoms with Gasteiger partial charge < -0.3 is 5.11 Å². The zero-order chi connectivity index (χ0) is 14.6. The maximum absolute atomic E-state index is 12.2. The summed E-state index contributed by atoms with van der Waals surface area (Å²) in [6.07, 6.45) is 5.12. The van der Waals surface area contributed by atoms with Gasteiger partial charge in [-0.2, -0.15) is 0 Å². The second-order valence-corrected chi connectivity index (χ2v) is 8.58. The van der Waals surface area contributed by atoms with Gasteiger partial charge in [-0.25, -0.2) is 13.1 Å². The van der Waals surface area contributed by atoms with E-state index >= 15 is 0 Å². The number of aliphatic hydroxyl groups excluding tert-OH is 1. The van der Waals surface area contributed by atoms with E-state index in [4.69, 9.17) is 0 Å². The van der Waals surface area contributed by atoms with Gasteiger partial charge in [-0.05, 0) is 43.2 Å². The van der Waals surface area contributed by atoms with E-state index in [1.54, 1.807) is 6.07 Å². The van der Waals surface area contributed by atoms with Crippen molar-refractivity contribution in [2.75, 3.05) is 13.2 Å². The molecule has 0 amide bonds. The van der Waals surface area contributed by atoms with Crippen molar-refractivity contribution < 1.29 is 13.5 Å². The predicted octanol–water partition coefficient (Wildman–Crippen LogP) is 2.39. The average molecular weight is 317 g/mol. The maximum atomic E-state index is 12.2. The molecule has 6 heteroatoms. The number of thiophene rings is 1. The van der Waals surface area contributed by atoms with Crippen LogP contribution in [0.5, 0.6) is 0 Å². The first-order valence-electron chi connectivity index (χ1n) is 7.26. The van der Waals surface area contributed by atoms with Crippen molar-refractivity contribution in [3.05, 3.63) is 17.0 Å². The number of nitrogens with one attached hydrogen (secondary N) is 1. The average Bonchev–Trinajstić information content (AvgIpc) is 2.95. The largest absolute Gasteiger partial charge is 0.396 e. The van der Waals surface area contributed by atoms with Gasteiger partial charge in [0.25, 0.3) is 0 Å². The Morgan fingerprint density at radius 1 is 1.30 bits per heavy atom. The highest BCUT2D eigenvalue weighted by Crippen LogP contribution is 2.30. The molecule has 2 N–H and O–H groups in total. The van der Waals surface area contributed by atoms with Crippen LogP contribution in [-0.4, -0.2) is 26.7 Å². The zero-order valence-corrected chi connectivity index (χ0v) is 13.5. The van der Waals surface area contributed by atoms with Crippen LogP contribution >= 0.6 is 11.3 Å². The minimum absolute atomic E-state index is 0.158. The first-order chi connectivity index (χ1) is 9.56. The van der Waals surface area contributed by atoms with Crippen LogP contribution < -0.4 is 4.72 Å². The molecular weight excluding hydrogens is 294 g/mol. The van der Waals surface area contributed by atoms with Gasteiger partial charge in [-0.15, -0.1) is 11.3 Å². The lowest BCUT2D eigenvalue weighted by atomic mass is 9.80. The third-order valence-electron chi connectivity index (χ3n) is 4.09. The summed E-state index contributed by atoms with van der Waals surface area (Å²) < 4.78 is 27.6. The maximum Gasteiger partial charge on any atom is 0.250 e. The molecule has 0 bridgehead atoms. The summed E-state index contributed by atoms with van der Waals surface area (Å²) in [6, 6.07) is 3.55. The van der Waals surface area contributed by atoms with E-state index in [1.807, 2.05) is 13.0 Å². The Balaban J connectivity index is 1.98. The Kier molecular flexibility index (Phi) is 5.60. The zero-order valence-electron chi connectivity index (χ0n) is 11.8. The van der Waals surface area contributed by atoms with Gasteiger partial charge in [-0.3, -0.25) is 0 Å². The van der Waals surface area contributed by atoms with Gasteiger partial charge in [0.05, 0.1) is 0 Å². The van der Waals surface area contributed by atoms with Crippen LogP contribution in [0.1, 0.15) is 37.5 Å². The van der Waals surface area contributed by atoms with Crippen LogP contribution in [0, 0.1) is 11.8 Å². The number of aliphatic hydroxyl groups is 1. The predicted molar refractivity (Wildman–Crippen MR) is 81.4 cm³/mol. The van der Waals surface area contributed by atoms with Crippen molar-refractivity contribution in [2.45, 2.75) is 43.2 Å². The molecule has 4 nitrogen and oxygen atoms in total. The highest BCUT2D eigenvalue weighted by atomic mass is 32.2. The van der Waals surface area contributed by atoms with Crippen LogP contribution in [0.3, 0.4) is 0 Å². The van der Waals surface area contributed by atoms with Crippen LogP contribution in [0.2, 0.25) is 0 Å². The molecule has 0 spiro atoms. The molecule has 1 aromatic heterocycles. The Hall–Kier alpha value is -0.430. The van der Waals surface area contributed by atoms with E-state index in [0.29, 0.717) is 10.8 Å². The van der Waals surface area contributed by atoms with E-state index < -0.39 is 10.0 Å². The topological polar surface area (TPSA) is 66.4 Å². The van der Waals surface area contributed by atoms with E-state index in [2.05, 4.69) is 4.72 Å². The summed E-state index contributed by atoms with van der Waals surface area (Å²) in [5, 5.41) is 9.37. The molecule has 20 heavy (non-hydrogen) atoms. The summed E-state index contributed by atoms with van der Waals surface area (Å²) in [6.45, 7) is 2.61. The second kappa shape index (κ2) is 7.02. The van der Waals surface area contributed by atoms with Gasteiger partial charge >= 0.3 is 0 Å². The lowest BCUT2D eigenvalue weighted by molar-refractivity contribution is 0.136. The number of sulfonamides is 1. The molecule has 0 aromatic carbocycles. The summed E-state index contributed by atoms with van der Waals surface area (Å²) in [5.74, 6) is 0.495. The van der Waals surface area contributed by atoms with E-state index in [1.165, 1.54) is 11.3 Å². The third kappa shape index (κ3) is 3.81. The second-order valence-electron chi connectivity index (χ2n) is 5.41. The smallest absolute Gasteiger partial charge is 0.250 e. The molecule has 1 aliphatic rings. The van der Waals surface area contributed by atoms with Gasteiger partial charge in [-0.1, -0.05) is 19.8 Å². The van der Waals surface area contributed by atoms with Gasteiger partial charge in [0.1, 0.15) is 4.21 Å². The SMILES string of the molecule is CCc1ccc(S(=O)(=O)NCC2CCCCC2CO)s1. The fourth-order valence-electron chi connectivity index (χ4n) is 2.77. The lowest BCUT2D eigenvalue weighted by Crippen LogP contribution is -2.35. The standard InChI is InChI=1S/C14H23NO3S2/c1-2-13-7-8-14(19-13)20(17,18)15-9-11-5-3-4-6-12(11)10-16/h7-8,11-12,15-16H,2-6,9-10H2,1H3. The summed E-state index contributed by atoms with van der Waals surface area (Å²) in [4.78, 5) is 1.08. The molecule has 1 aromatic rings. The number of rotatable bonds is 6. The molecule has 1 heterocycles. The molecule has 2 unspecified atom stereocenters. The van der Waals surface area contributed by atoms with Crippen molar-refractivity contribution in [1.29, 1.82) is 0 Å². The van der Waals surface area contributed by atoms with E-state index in [0.717, 1.165) is 37.0 Å². The molecule has 0 radical (unpaired) electrons. The van der Waals surface area contributed by atoms with E-state index in [-0.39, 0.29) is 18.4 Å². The fourth-order valence-corrected chi connectivity index (χ4v) is 5.21. The Labute approximate surface area is 125 Å². The molecule has 114 valence electrons. The van der Waals surface area contributed by atoms with Crippen LogP contribution in [0.15, 0.2) is 16.3 Å². The lowest BCUT2D eigenvalue weighted by Gasteiger charge is -2.30. The first-order valence-corrected chi connectivity index (χ1v) is 9.56. The summed E-state index contributed by atoms with van der Waals surface area (Å²) in [5.41, 5.74) is 0. The normalized spacial score (nSPS) is 23.9. The van der Waals surface area contributed by atoms with Crippen molar-refractivity contribution in [2.24, 2.45) is 11.8 Å². The minimum atomic E-state index is -3.39. The van der Waals surface area contributed by atoms with Crippen LogP contribution in [0.25, 0.3) is 0 Å². The minimum Gasteiger partial charge on any atom is -0.396 e. The molecule has 0 aliphatic heterocycles. The van der Waals surface area contributed by atoms with Crippen LogP contribution in [-0.2, 0) is 16.4 Å². The quantitative estimate of drug-likeness (QED) is 0.846. The fraction of sp³-hybridized carbons (Fsp3) is 0.714.